The number of hydrogen-bond acceptors (Lipinski definition) is 3. The quantitative estimate of drug-likeness (QED) is 0.584. The zero-order valence-electron chi connectivity index (χ0n) is 17.8. The van der Waals surface area contributed by atoms with E-state index in [1.807, 2.05) is 18.2 Å². The van der Waals surface area contributed by atoms with Crippen molar-refractivity contribution in [2.45, 2.75) is 38.1 Å². The van der Waals surface area contributed by atoms with E-state index >= 15 is 0 Å². The highest BCUT2D eigenvalue weighted by molar-refractivity contribution is 5.85. The van der Waals surface area contributed by atoms with E-state index in [0.717, 1.165) is 66.6 Å². The lowest BCUT2D eigenvalue weighted by atomic mass is 10.0. The number of carbonyl (C=O) groups excluding carboxylic acids is 1. The first-order valence-electron chi connectivity index (χ1n) is 11.0. The second kappa shape index (κ2) is 9.62. The number of aliphatic hydroxyl groups is 1. The lowest BCUT2D eigenvalue weighted by Crippen LogP contribution is -2.36. The minimum Gasteiger partial charge on any atom is -0.396 e. The molecule has 1 fully saturated rings. The number of hydrogen-bond donors (Lipinski definition) is 2. The van der Waals surface area contributed by atoms with Crippen LogP contribution in [-0.2, 0) is 24.1 Å². The predicted molar refractivity (Wildman–Crippen MR) is 120 cm³/mol. The highest BCUT2D eigenvalue weighted by Crippen LogP contribution is 2.31. The Bertz CT molecular complexity index is 1040. The van der Waals surface area contributed by atoms with E-state index < -0.39 is 0 Å². The molecule has 0 unspecified atom stereocenters. The number of fused-ring (bicyclic) bond motifs is 1. The van der Waals surface area contributed by atoms with Crippen molar-refractivity contribution in [1.82, 2.24) is 9.47 Å². The number of carbonyl (C=O) groups is 1. The topological polar surface area (TPSA) is 71.5 Å². The molecule has 1 aliphatic heterocycles. The summed E-state index contributed by atoms with van der Waals surface area (Å²) < 4.78 is 15.4. The van der Waals surface area contributed by atoms with Crippen molar-refractivity contribution in [3.63, 3.8) is 0 Å². The van der Waals surface area contributed by atoms with Gasteiger partial charge in [0.15, 0.2) is 0 Å². The minimum atomic E-state index is -0.323. The molecular formula is C25H30FN3O2. The number of halogens is 1. The Balaban J connectivity index is 1.48. The van der Waals surface area contributed by atoms with Gasteiger partial charge in [-0.3, -0.25) is 4.79 Å². The van der Waals surface area contributed by atoms with Crippen molar-refractivity contribution in [1.29, 1.82) is 0 Å². The molecule has 3 N–H and O–H groups in total. The van der Waals surface area contributed by atoms with Crippen molar-refractivity contribution >= 4 is 16.8 Å². The largest absolute Gasteiger partial charge is 0.396 e. The van der Waals surface area contributed by atoms with Crippen LogP contribution in [0.4, 0.5) is 4.39 Å². The SMILES string of the molecule is NC(=O)Cc1cc2ccc(CCO)cc2n1C1CCN(CCc2ccc(F)cc2)CC1. The summed E-state index contributed by atoms with van der Waals surface area (Å²) in [6.07, 6.45) is 3.77. The number of amides is 1. The normalized spacial score (nSPS) is 15.5. The minimum absolute atomic E-state index is 0.118. The molecule has 1 aliphatic rings. The number of aromatic nitrogens is 1. The highest BCUT2D eigenvalue weighted by Gasteiger charge is 2.24. The predicted octanol–water partition coefficient (Wildman–Crippen LogP) is 3.22. The van der Waals surface area contributed by atoms with E-state index in [4.69, 9.17) is 5.73 Å². The first kappa shape index (κ1) is 21.5. The van der Waals surface area contributed by atoms with Gasteiger partial charge in [0.25, 0.3) is 0 Å². The lowest BCUT2D eigenvalue weighted by molar-refractivity contribution is -0.117. The van der Waals surface area contributed by atoms with Crippen LogP contribution in [0.15, 0.2) is 48.5 Å². The zero-order valence-corrected chi connectivity index (χ0v) is 17.8. The molecule has 1 aromatic heterocycles. The van der Waals surface area contributed by atoms with Crippen molar-refractivity contribution in [2.24, 2.45) is 5.73 Å². The summed E-state index contributed by atoms with van der Waals surface area (Å²) in [5.41, 5.74) is 9.86. The van der Waals surface area contributed by atoms with E-state index in [-0.39, 0.29) is 24.8 Å². The third kappa shape index (κ3) is 5.14. The summed E-state index contributed by atoms with van der Waals surface area (Å²) in [6.45, 7) is 3.04. The van der Waals surface area contributed by atoms with Crippen LogP contribution in [0.3, 0.4) is 0 Å². The van der Waals surface area contributed by atoms with Crippen LogP contribution in [0.1, 0.15) is 35.7 Å². The van der Waals surface area contributed by atoms with Gasteiger partial charge in [0.05, 0.1) is 6.42 Å². The molecule has 1 amide bonds. The first-order valence-corrected chi connectivity index (χ1v) is 11.0. The number of rotatable bonds is 8. The molecule has 0 spiro atoms. The van der Waals surface area contributed by atoms with Gasteiger partial charge in [-0.05, 0) is 66.5 Å². The van der Waals surface area contributed by atoms with E-state index in [2.05, 4.69) is 27.7 Å². The average molecular weight is 424 g/mol. The maximum Gasteiger partial charge on any atom is 0.223 e. The Morgan fingerprint density at radius 3 is 2.42 bits per heavy atom. The molecule has 2 heterocycles. The van der Waals surface area contributed by atoms with Gasteiger partial charge in [0.1, 0.15) is 5.82 Å². The van der Waals surface area contributed by atoms with Crippen molar-refractivity contribution in [2.75, 3.05) is 26.2 Å². The number of aliphatic hydroxyl groups excluding tert-OH is 1. The summed E-state index contributed by atoms with van der Waals surface area (Å²) in [6, 6.07) is 15.4. The maximum atomic E-state index is 13.1. The van der Waals surface area contributed by atoms with Gasteiger partial charge in [0, 0.05) is 43.5 Å². The smallest absolute Gasteiger partial charge is 0.223 e. The third-order valence-corrected chi connectivity index (χ3v) is 6.29. The van der Waals surface area contributed by atoms with Gasteiger partial charge in [-0.15, -0.1) is 0 Å². The Kier molecular flexibility index (Phi) is 6.68. The number of likely N-dealkylation sites (tertiary alicyclic amines) is 1. The molecular weight excluding hydrogens is 393 g/mol. The molecule has 0 atom stereocenters. The molecule has 164 valence electrons. The van der Waals surface area contributed by atoms with Crippen molar-refractivity contribution in [3.05, 3.63) is 71.2 Å². The highest BCUT2D eigenvalue weighted by atomic mass is 19.1. The summed E-state index contributed by atoms with van der Waals surface area (Å²) in [5, 5.41) is 10.4. The molecule has 6 heteroatoms. The Labute approximate surface area is 182 Å². The molecule has 3 aromatic rings. The Hall–Kier alpha value is -2.70. The molecule has 0 saturated carbocycles. The molecule has 4 rings (SSSR count). The summed E-state index contributed by atoms with van der Waals surface area (Å²) in [7, 11) is 0. The fourth-order valence-electron chi connectivity index (χ4n) is 4.69. The Morgan fingerprint density at radius 2 is 1.74 bits per heavy atom. The van der Waals surface area contributed by atoms with Crippen molar-refractivity contribution in [3.8, 4) is 0 Å². The summed E-state index contributed by atoms with van der Waals surface area (Å²) in [5.74, 6) is -0.520. The molecule has 1 saturated heterocycles. The van der Waals surface area contributed by atoms with Crippen LogP contribution in [0.5, 0.6) is 0 Å². The van der Waals surface area contributed by atoms with Crippen LogP contribution >= 0.6 is 0 Å². The lowest BCUT2D eigenvalue weighted by Gasteiger charge is -2.34. The fourth-order valence-corrected chi connectivity index (χ4v) is 4.69. The maximum absolute atomic E-state index is 13.1. The zero-order chi connectivity index (χ0) is 21.8. The van der Waals surface area contributed by atoms with Gasteiger partial charge < -0.3 is 20.3 Å². The van der Waals surface area contributed by atoms with Gasteiger partial charge in [-0.1, -0.05) is 24.3 Å². The van der Waals surface area contributed by atoms with Crippen LogP contribution in [0.25, 0.3) is 10.9 Å². The summed E-state index contributed by atoms with van der Waals surface area (Å²) >= 11 is 0. The second-order valence-electron chi connectivity index (χ2n) is 8.46. The first-order chi connectivity index (χ1) is 15.0. The van der Waals surface area contributed by atoms with Gasteiger partial charge >= 0.3 is 0 Å². The van der Waals surface area contributed by atoms with Crippen LogP contribution in [-0.4, -0.2) is 46.7 Å². The van der Waals surface area contributed by atoms with Gasteiger partial charge in [0.2, 0.25) is 5.91 Å². The standard InChI is InChI=1S/C25H30FN3O2/c26-21-5-2-18(3-6-21)7-11-28-12-8-22(9-13-28)29-23(17-25(27)31)16-20-4-1-19(10-14-30)15-24(20)29/h1-6,15-16,22,30H,7-14,17H2,(H2,27,31). The molecule has 2 aromatic carbocycles. The van der Waals surface area contributed by atoms with Gasteiger partial charge in [-0.2, -0.15) is 0 Å². The van der Waals surface area contributed by atoms with E-state index in [1.54, 1.807) is 0 Å². The van der Waals surface area contributed by atoms with Gasteiger partial charge in [-0.25, -0.2) is 4.39 Å². The van der Waals surface area contributed by atoms with Crippen LogP contribution in [0, 0.1) is 5.82 Å². The number of nitrogens with zero attached hydrogens (tertiary/aromatic N) is 2. The second-order valence-corrected chi connectivity index (χ2v) is 8.46. The average Bonchev–Trinajstić information content (AvgIpc) is 3.10. The molecule has 5 nitrogen and oxygen atoms in total. The molecule has 0 bridgehead atoms. The molecule has 0 aliphatic carbocycles. The van der Waals surface area contributed by atoms with Crippen LogP contribution in [0.2, 0.25) is 0 Å². The fraction of sp³-hybridized carbons (Fsp3) is 0.400. The third-order valence-electron chi connectivity index (χ3n) is 6.29. The molecule has 31 heavy (non-hydrogen) atoms. The monoisotopic (exact) mass is 423 g/mol. The van der Waals surface area contributed by atoms with E-state index in [0.29, 0.717) is 12.5 Å². The van der Waals surface area contributed by atoms with E-state index in [1.165, 1.54) is 12.1 Å². The Morgan fingerprint density at radius 1 is 1.03 bits per heavy atom. The number of nitrogens with two attached hydrogens (primary N) is 1. The van der Waals surface area contributed by atoms with Crippen molar-refractivity contribution < 1.29 is 14.3 Å². The number of primary amides is 1. The van der Waals surface area contributed by atoms with E-state index in [9.17, 15) is 14.3 Å². The summed E-state index contributed by atoms with van der Waals surface area (Å²) in [4.78, 5) is 14.1. The molecule has 0 radical (unpaired) electrons. The number of piperidine rings is 1. The van der Waals surface area contributed by atoms with Crippen LogP contribution < -0.4 is 5.73 Å². The number of benzene rings is 2.